The van der Waals surface area contributed by atoms with Crippen LogP contribution in [0.4, 0.5) is 4.79 Å². The highest BCUT2D eigenvalue weighted by molar-refractivity contribution is 6.45. The van der Waals surface area contributed by atoms with Gasteiger partial charge in [-0.3, -0.25) is 19.3 Å². The number of nitrogens with zero attached hydrogens (tertiary/aromatic N) is 2. The summed E-state index contributed by atoms with van der Waals surface area (Å²) in [4.78, 5) is 52.8. The Morgan fingerprint density at radius 1 is 0.966 bits per heavy atom. The summed E-state index contributed by atoms with van der Waals surface area (Å²) in [5.74, 6) is 0.347. The smallest absolute Gasteiger partial charge is 0.334 e. The molecule has 5 saturated carbocycles. The Hall–Kier alpha value is -1.92. The van der Waals surface area contributed by atoms with E-state index < -0.39 is 17.8 Å². The Balaban J connectivity index is 1.26. The predicted molar refractivity (Wildman–Crippen MR) is 104 cm³/mol. The molecule has 158 valence electrons. The molecule has 1 heterocycles. The monoisotopic (exact) mass is 401 g/mol. The third kappa shape index (κ3) is 3.17. The van der Waals surface area contributed by atoms with E-state index in [1.165, 1.54) is 19.3 Å². The normalized spacial score (nSPS) is 41.4. The third-order valence-electron chi connectivity index (χ3n) is 8.23. The summed E-state index contributed by atoms with van der Waals surface area (Å²) in [6, 6.07) is -0.844. The first-order valence-electron chi connectivity index (χ1n) is 11.4. The Morgan fingerprint density at radius 2 is 1.55 bits per heavy atom. The van der Waals surface area contributed by atoms with E-state index in [2.05, 4.69) is 5.32 Å². The van der Waals surface area contributed by atoms with Crippen LogP contribution in [-0.2, 0) is 14.4 Å². The highest BCUT2D eigenvalue weighted by Gasteiger charge is 2.53. The van der Waals surface area contributed by atoms with E-state index in [0.29, 0.717) is 17.8 Å². The van der Waals surface area contributed by atoms with Crippen molar-refractivity contribution in [3.8, 4) is 0 Å². The van der Waals surface area contributed by atoms with Crippen LogP contribution in [0, 0.1) is 23.7 Å². The van der Waals surface area contributed by atoms with Gasteiger partial charge in [-0.05, 0) is 75.0 Å². The molecule has 0 spiro atoms. The molecule has 5 aliphatic carbocycles. The molecule has 0 radical (unpaired) electrons. The van der Waals surface area contributed by atoms with Crippen molar-refractivity contribution in [1.29, 1.82) is 0 Å². The Bertz CT molecular complexity index is 728. The van der Waals surface area contributed by atoms with E-state index in [1.54, 1.807) is 0 Å². The van der Waals surface area contributed by atoms with Gasteiger partial charge in [0.05, 0.1) is 0 Å². The average Bonchev–Trinajstić information content (AvgIpc) is 2.84. The van der Waals surface area contributed by atoms with Crippen LogP contribution < -0.4 is 5.32 Å². The molecular formula is C22H31N3O4. The maximum Gasteiger partial charge on any atom is 0.334 e. The number of imide groups is 2. The second kappa shape index (κ2) is 6.81. The van der Waals surface area contributed by atoms with Crippen LogP contribution in [0.5, 0.6) is 0 Å². The van der Waals surface area contributed by atoms with Crippen LogP contribution in [-0.4, -0.2) is 51.7 Å². The maximum atomic E-state index is 12.9. The predicted octanol–water partition coefficient (Wildman–Crippen LogP) is 2.44. The van der Waals surface area contributed by atoms with E-state index in [0.717, 1.165) is 54.7 Å². The molecule has 4 bridgehead atoms. The lowest BCUT2D eigenvalue weighted by Gasteiger charge is -2.56. The minimum Gasteiger partial charge on any atom is -0.349 e. The standard InChI is InChI=1S/C22H31N3O4/c1-13-4-2-3-5-17(13)25-20(28)19(27)24(21(25)29)12-18(26)23-22-9-14-6-15(10-22)8-16(7-14)11-22/h13-17H,2-12H2,1H3,(H,23,26)/t13-,14?,15?,16?,17+,22?/m0/s1. The summed E-state index contributed by atoms with van der Waals surface area (Å²) in [5.41, 5.74) is -0.167. The molecular weight excluding hydrogens is 370 g/mol. The van der Waals surface area contributed by atoms with Crippen molar-refractivity contribution in [2.24, 2.45) is 23.7 Å². The van der Waals surface area contributed by atoms with Crippen molar-refractivity contribution in [2.45, 2.75) is 82.7 Å². The maximum absolute atomic E-state index is 12.9. The molecule has 6 aliphatic rings. The second-order valence-corrected chi connectivity index (χ2v) is 10.4. The van der Waals surface area contributed by atoms with Gasteiger partial charge in [0.15, 0.2) is 0 Å². The lowest BCUT2D eigenvalue weighted by molar-refractivity contribution is -0.145. The minimum absolute atomic E-state index is 0.167. The van der Waals surface area contributed by atoms with Gasteiger partial charge >= 0.3 is 17.8 Å². The molecule has 7 heteroatoms. The number of carbonyl (C=O) groups is 4. The summed E-state index contributed by atoms with van der Waals surface area (Å²) in [6.07, 6.45) is 10.6. The zero-order chi connectivity index (χ0) is 20.3. The fraction of sp³-hybridized carbons (Fsp3) is 0.818. The second-order valence-electron chi connectivity index (χ2n) is 10.4. The van der Waals surface area contributed by atoms with Gasteiger partial charge in [0.2, 0.25) is 5.91 Å². The van der Waals surface area contributed by atoms with Gasteiger partial charge < -0.3 is 5.32 Å². The third-order valence-corrected chi connectivity index (χ3v) is 8.23. The van der Waals surface area contributed by atoms with Crippen LogP contribution in [0.2, 0.25) is 0 Å². The van der Waals surface area contributed by atoms with Gasteiger partial charge in [-0.25, -0.2) is 9.69 Å². The van der Waals surface area contributed by atoms with Crippen molar-refractivity contribution >= 4 is 23.8 Å². The summed E-state index contributed by atoms with van der Waals surface area (Å²) >= 11 is 0. The van der Waals surface area contributed by atoms with Crippen LogP contribution in [0.3, 0.4) is 0 Å². The van der Waals surface area contributed by atoms with Gasteiger partial charge in [-0.15, -0.1) is 0 Å². The summed E-state index contributed by atoms with van der Waals surface area (Å²) in [7, 11) is 0. The number of hydrogen-bond acceptors (Lipinski definition) is 4. The van der Waals surface area contributed by atoms with Crippen LogP contribution in [0.15, 0.2) is 0 Å². The highest BCUT2D eigenvalue weighted by atomic mass is 16.2. The van der Waals surface area contributed by atoms with Gasteiger partial charge in [-0.1, -0.05) is 19.8 Å². The zero-order valence-corrected chi connectivity index (χ0v) is 17.2. The molecule has 6 fully saturated rings. The molecule has 2 atom stereocenters. The Kier molecular flexibility index (Phi) is 4.48. The van der Waals surface area contributed by atoms with Gasteiger partial charge in [0.25, 0.3) is 0 Å². The van der Waals surface area contributed by atoms with E-state index in [-0.39, 0.29) is 30.0 Å². The van der Waals surface area contributed by atoms with Crippen molar-refractivity contribution in [2.75, 3.05) is 6.54 Å². The number of carbonyl (C=O) groups excluding carboxylic acids is 4. The van der Waals surface area contributed by atoms with E-state index in [4.69, 9.17) is 0 Å². The van der Waals surface area contributed by atoms with Crippen LogP contribution in [0.25, 0.3) is 0 Å². The SMILES string of the molecule is C[C@H]1CCCC[C@H]1N1C(=O)C(=O)N(CC(=O)NC23CC4CC(CC(C4)C2)C3)C1=O. The molecule has 1 aliphatic heterocycles. The molecule has 0 aromatic heterocycles. The van der Waals surface area contributed by atoms with Crippen LogP contribution >= 0.6 is 0 Å². The van der Waals surface area contributed by atoms with E-state index in [1.807, 2.05) is 6.92 Å². The van der Waals surface area contributed by atoms with Gasteiger partial charge in [-0.2, -0.15) is 0 Å². The fourth-order valence-electron chi connectivity index (χ4n) is 7.38. The highest BCUT2D eigenvalue weighted by Crippen LogP contribution is 2.55. The molecule has 7 nitrogen and oxygen atoms in total. The molecule has 5 amide bonds. The number of hydrogen-bond donors (Lipinski definition) is 1. The lowest BCUT2D eigenvalue weighted by Crippen LogP contribution is -2.61. The van der Waals surface area contributed by atoms with Crippen molar-refractivity contribution < 1.29 is 19.2 Å². The van der Waals surface area contributed by atoms with Crippen molar-refractivity contribution in [1.82, 2.24) is 15.1 Å². The number of amides is 5. The topological polar surface area (TPSA) is 86.8 Å². The first-order valence-corrected chi connectivity index (χ1v) is 11.4. The van der Waals surface area contributed by atoms with E-state index in [9.17, 15) is 19.2 Å². The number of rotatable bonds is 4. The van der Waals surface area contributed by atoms with Crippen molar-refractivity contribution in [3.05, 3.63) is 0 Å². The molecule has 0 aromatic carbocycles. The zero-order valence-electron chi connectivity index (χ0n) is 17.2. The van der Waals surface area contributed by atoms with Crippen LogP contribution in [0.1, 0.15) is 71.1 Å². The molecule has 29 heavy (non-hydrogen) atoms. The fourth-order valence-corrected chi connectivity index (χ4v) is 7.38. The Morgan fingerprint density at radius 3 is 2.14 bits per heavy atom. The lowest BCUT2D eigenvalue weighted by atomic mass is 9.53. The first kappa shape index (κ1) is 19.1. The molecule has 0 aromatic rings. The molecule has 1 N–H and O–H groups in total. The first-order chi connectivity index (χ1) is 13.8. The molecule has 0 unspecified atom stereocenters. The molecule has 1 saturated heterocycles. The number of urea groups is 1. The average molecular weight is 402 g/mol. The largest absolute Gasteiger partial charge is 0.349 e. The van der Waals surface area contributed by atoms with E-state index >= 15 is 0 Å². The Labute approximate surface area is 171 Å². The summed E-state index contributed by atoms with van der Waals surface area (Å²) in [6.45, 7) is 1.68. The van der Waals surface area contributed by atoms with Gasteiger partial charge in [0.1, 0.15) is 6.54 Å². The van der Waals surface area contributed by atoms with Gasteiger partial charge in [0, 0.05) is 11.6 Å². The van der Waals surface area contributed by atoms with Crippen molar-refractivity contribution in [3.63, 3.8) is 0 Å². The summed E-state index contributed by atoms with van der Waals surface area (Å²) in [5, 5.41) is 3.20. The number of nitrogens with one attached hydrogen (secondary N) is 1. The summed E-state index contributed by atoms with van der Waals surface area (Å²) < 4.78 is 0. The minimum atomic E-state index is -0.853. The molecule has 6 rings (SSSR count). The quantitative estimate of drug-likeness (QED) is 0.579.